The monoisotopic (exact) mass is 422 g/mol. The molecule has 1 aliphatic heterocycles. The highest BCUT2D eigenvalue weighted by molar-refractivity contribution is 6.12. The van der Waals surface area contributed by atoms with Gasteiger partial charge in [-0.2, -0.15) is 4.59 Å². The van der Waals surface area contributed by atoms with Gasteiger partial charge in [0.25, 0.3) is 0 Å². The highest BCUT2D eigenvalue weighted by atomic mass is 127. The molecule has 0 amide bonds. The van der Waals surface area contributed by atoms with Crippen LogP contribution in [0, 0.1) is 0 Å². The Balaban J connectivity index is 0.00000192. The average Bonchev–Trinajstić information content (AvgIpc) is 2.95. The Morgan fingerprint density at radius 3 is 2.04 bits per heavy atom. The molecule has 1 aliphatic rings. The van der Waals surface area contributed by atoms with Gasteiger partial charge >= 0.3 is 0 Å². The van der Waals surface area contributed by atoms with Crippen molar-refractivity contribution in [3.8, 4) is 0 Å². The van der Waals surface area contributed by atoms with Gasteiger partial charge in [-0.15, -0.1) is 0 Å². The second kappa shape index (κ2) is 8.04. The highest BCUT2D eigenvalue weighted by Crippen LogP contribution is 2.27. The van der Waals surface area contributed by atoms with Gasteiger partial charge in [-0.05, 0) is 0 Å². The summed E-state index contributed by atoms with van der Waals surface area (Å²) in [6, 6.07) is 20.8. The van der Waals surface area contributed by atoms with Crippen LogP contribution in [0.2, 0.25) is 0 Å². The summed E-state index contributed by atoms with van der Waals surface area (Å²) in [4.78, 5) is 0. The molecule has 0 saturated carbocycles. The van der Waals surface area contributed by atoms with Crippen molar-refractivity contribution >= 4 is 5.71 Å². The van der Waals surface area contributed by atoms with Gasteiger partial charge in [-0.3, -0.25) is 0 Å². The van der Waals surface area contributed by atoms with Crippen LogP contribution in [-0.4, -0.2) is 41.7 Å². The van der Waals surface area contributed by atoms with Crippen molar-refractivity contribution in [3.63, 3.8) is 0 Å². The lowest BCUT2D eigenvalue weighted by Crippen LogP contribution is -3.00. The van der Waals surface area contributed by atoms with Crippen molar-refractivity contribution in [2.24, 2.45) is 5.10 Å². The Labute approximate surface area is 155 Å². The van der Waals surface area contributed by atoms with Crippen LogP contribution >= 0.6 is 0 Å². The zero-order chi connectivity index (χ0) is 15.4. The lowest BCUT2D eigenvalue weighted by Gasteiger charge is -2.29. The van der Waals surface area contributed by atoms with Gasteiger partial charge in [-0.25, -0.2) is 0 Å². The first-order chi connectivity index (χ1) is 10.7. The number of benzene rings is 2. The molecule has 122 valence electrons. The molecule has 1 unspecified atom stereocenters. The first-order valence-corrected chi connectivity index (χ1v) is 7.90. The van der Waals surface area contributed by atoms with Gasteiger partial charge in [0.15, 0.2) is 0 Å². The van der Waals surface area contributed by atoms with Crippen LogP contribution in [0.5, 0.6) is 0 Å². The summed E-state index contributed by atoms with van der Waals surface area (Å²) in [5.41, 5.74) is 3.25. The molecule has 0 bridgehead atoms. The van der Waals surface area contributed by atoms with E-state index < -0.39 is 0 Å². The van der Waals surface area contributed by atoms with Crippen LogP contribution in [0.25, 0.3) is 0 Å². The highest BCUT2D eigenvalue weighted by Gasteiger charge is 2.39. The molecule has 3 rings (SSSR count). The largest absolute Gasteiger partial charge is 1.00 e. The molecule has 0 aliphatic carbocycles. The molecule has 3 nitrogen and oxygen atoms in total. The predicted octanol–water partition coefficient (Wildman–Crippen LogP) is 0.0443. The Hall–Kier alpha value is -1.24. The number of aliphatic hydroxyl groups excluding tert-OH is 1. The van der Waals surface area contributed by atoms with E-state index in [2.05, 4.69) is 31.3 Å². The number of hydrogen-bond acceptors (Lipinski definition) is 2. The second-order valence-corrected chi connectivity index (χ2v) is 6.10. The molecule has 2 atom stereocenters. The number of aliphatic hydroxyl groups is 1. The number of likely N-dealkylation sites (tertiary alicyclic amines) is 1. The summed E-state index contributed by atoms with van der Waals surface area (Å²) in [6.45, 7) is 1.17. The SMILES string of the molecule is C[N+]1(N=C(c2ccccc2)c2ccccc2)CCC[C@H]1CO.[I-]. The number of nitrogens with zero attached hydrogens (tertiary/aromatic N) is 2. The van der Waals surface area contributed by atoms with Crippen molar-refractivity contribution in [2.75, 3.05) is 20.2 Å². The summed E-state index contributed by atoms with van der Waals surface area (Å²) in [5, 5.41) is 14.8. The van der Waals surface area contributed by atoms with Gasteiger partial charge in [0.05, 0.1) is 13.7 Å². The molecule has 2 aromatic carbocycles. The fraction of sp³-hybridized carbons (Fsp3) is 0.316. The van der Waals surface area contributed by atoms with E-state index in [1.165, 1.54) is 0 Å². The maximum Gasteiger partial charge on any atom is 0.136 e. The third kappa shape index (κ3) is 4.00. The molecule has 1 heterocycles. The average molecular weight is 422 g/mol. The zero-order valence-corrected chi connectivity index (χ0v) is 15.6. The quantitative estimate of drug-likeness (QED) is 0.422. The summed E-state index contributed by atoms with van der Waals surface area (Å²) >= 11 is 0. The van der Waals surface area contributed by atoms with Crippen LogP contribution in [0.15, 0.2) is 65.8 Å². The van der Waals surface area contributed by atoms with Crippen LogP contribution in [0.4, 0.5) is 0 Å². The van der Waals surface area contributed by atoms with E-state index in [1.807, 2.05) is 36.4 Å². The van der Waals surface area contributed by atoms with Crippen molar-refractivity contribution in [1.29, 1.82) is 0 Å². The van der Waals surface area contributed by atoms with E-state index in [0.717, 1.165) is 36.2 Å². The molecular weight excluding hydrogens is 399 g/mol. The minimum absolute atomic E-state index is 0. The van der Waals surface area contributed by atoms with Crippen molar-refractivity contribution in [1.82, 2.24) is 0 Å². The van der Waals surface area contributed by atoms with Crippen LogP contribution < -0.4 is 24.0 Å². The van der Waals surface area contributed by atoms with Gasteiger partial charge in [0, 0.05) is 24.0 Å². The van der Waals surface area contributed by atoms with Gasteiger partial charge in [0.1, 0.15) is 18.3 Å². The third-order valence-corrected chi connectivity index (χ3v) is 4.57. The topological polar surface area (TPSA) is 32.6 Å². The molecule has 0 aromatic heterocycles. The number of halogens is 1. The smallest absolute Gasteiger partial charge is 0.136 e. The number of rotatable bonds is 4. The minimum Gasteiger partial charge on any atom is -1.00 e. The maximum absolute atomic E-state index is 9.67. The molecule has 2 aromatic rings. The summed E-state index contributed by atoms with van der Waals surface area (Å²) < 4.78 is 0.565. The molecule has 1 fully saturated rings. The van der Waals surface area contributed by atoms with Crippen LogP contribution in [0.1, 0.15) is 24.0 Å². The molecule has 0 spiro atoms. The van der Waals surface area contributed by atoms with Gasteiger partial charge < -0.3 is 29.1 Å². The molecule has 23 heavy (non-hydrogen) atoms. The lowest BCUT2D eigenvalue weighted by atomic mass is 10.0. The standard InChI is InChI=1S/C19H23N2O.HI/c1-21(14-8-13-18(21)15-22)20-19(16-9-4-2-5-10-16)17-11-6-3-7-12-17;/h2-7,9-12,18,22H,8,13-15H2,1H3;1H/q+1;/p-1/t18-,21?;/m0./s1. The Bertz CT molecular complexity index is 603. The summed E-state index contributed by atoms with van der Waals surface area (Å²) in [6.07, 6.45) is 2.15. The van der Waals surface area contributed by atoms with Crippen LogP contribution in [0.3, 0.4) is 0 Å². The summed E-state index contributed by atoms with van der Waals surface area (Å²) in [5.74, 6) is 0. The van der Waals surface area contributed by atoms with Gasteiger partial charge in [-0.1, -0.05) is 65.8 Å². The molecule has 4 heteroatoms. The van der Waals surface area contributed by atoms with Gasteiger partial charge in [0.2, 0.25) is 0 Å². The van der Waals surface area contributed by atoms with E-state index in [1.54, 1.807) is 0 Å². The Kier molecular flexibility index (Phi) is 6.33. The normalized spacial score (nSPS) is 23.1. The fourth-order valence-electron chi connectivity index (χ4n) is 3.21. The van der Waals surface area contributed by atoms with Crippen molar-refractivity contribution in [3.05, 3.63) is 71.8 Å². The molecular formula is C19H23IN2O. The predicted molar refractivity (Wildman–Crippen MR) is 89.7 cm³/mol. The van der Waals surface area contributed by atoms with Crippen molar-refractivity contribution in [2.45, 2.75) is 18.9 Å². The van der Waals surface area contributed by atoms with E-state index >= 15 is 0 Å². The third-order valence-electron chi connectivity index (χ3n) is 4.57. The number of hydrogen-bond donors (Lipinski definition) is 1. The maximum atomic E-state index is 9.67. The van der Waals surface area contributed by atoms with E-state index in [9.17, 15) is 5.11 Å². The summed E-state index contributed by atoms with van der Waals surface area (Å²) in [7, 11) is 2.12. The Morgan fingerprint density at radius 2 is 1.57 bits per heavy atom. The lowest BCUT2D eigenvalue weighted by molar-refractivity contribution is -0.927. The first-order valence-electron chi connectivity index (χ1n) is 7.90. The minimum atomic E-state index is 0. The van der Waals surface area contributed by atoms with E-state index in [4.69, 9.17) is 5.10 Å². The number of likely N-dealkylation sites (N-methyl/N-ethyl adjacent to an activating group) is 1. The molecule has 1 N–H and O–H groups in total. The van der Waals surface area contributed by atoms with Crippen LogP contribution in [-0.2, 0) is 0 Å². The first kappa shape index (κ1) is 18.1. The molecule has 1 saturated heterocycles. The van der Waals surface area contributed by atoms with E-state index in [-0.39, 0.29) is 36.6 Å². The van der Waals surface area contributed by atoms with E-state index in [0.29, 0.717) is 4.59 Å². The fourth-order valence-corrected chi connectivity index (χ4v) is 3.21. The number of quaternary nitrogens is 1. The molecule has 0 radical (unpaired) electrons. The Morgan fingerprint density at radius 1 is 1.04 bits per heavy atom. The van der Waals surface area contributed by atoms with Crippen molar-refractivity contribution < 1.29 is 33.7 Å². The zero-order valence-electron chi connectivity index (χ0n) is 13.4. The second-order valence-electron chi connectivity index (χ2n) is 6.10.